The third-order valence-corrected chi connectivity index (χ3v) is 3.30. The Balaban J connectivity index is 2.05. The van der Waals surface area contributed by atoms with Crippen molar-refractivity contribution >= 4 is 5.97 Å². The van der Waals surface area contributed by atoms with E-state index in [1.54, 1.807) is 6.92 Å². The Labute approximate surface area is 101 Å². The van der Waals surface area contributed by atoms with Gasteiger partial charge in [0.05, 0.1) is 18.1 Å². The van der Waals surface area contributed by atoms with Gasteiger partial charge >= 0.3 is 5.97 Å². The van der Waals surface area contributed by atoms with Crippen molar-refractivity contribution in [2.45, 2.75) is 31.6 Å². The molecule has 0 amide bonds. The Morgan fingerprint density at radius 2 is 2.29 bits per heavy atom. The Morgan fingerprint density at radius 3 is 2.94 bits per heavy atom. The monoisotopic (exact) mass is 229 g/mol. The van der Waals surface area contributed by atoms with Gasteiger partial charge in [-0.15, -0.1) is 0 Å². The van der Waals surface area contributed by atoms with Gasteiger partial charge in [-0.3, -0.25) is 4.79 Å². The summed E-state index contributed by atoms with van der Waals surface area (Å²) in [7, 11) is 0. The van der Waals surface area contributed by atoms with Crippen LogP contribution in [-0.2, 0) is 21.4 Å². The quantitative estimate of drug-likeness (QED) is 0.744. The van der Waals surface area contributed by atoms with E-state index in [1.807, 2.05) is 24.3 Å². The fourth-order valence-corrected chi connectivity index (χ4v) is 2.38. The third-order valence-electron chi connectivity index (χ3n) is 3.30. The number of rotatable bonds is 4. The Bertz CT molecular complexity index is 475. The summed E-state index contributed by atoms with van der Waals surface area (Å²) in [5.74, 6) is -0.216. The van der Waals surface area contributed by atoms with Gasteiger partial charge in [0.15, 0.2) is 0 Å². The summed E-state index contributed by atoms with van der Waals surface area (Å²) in [6.07, 6.45) is 1.62. The van der Waals surface area contributed by atoms with Crippen molar-refractivity contribution < 1.29 is 9.53 Å². The highest BCUT2D eigenvalue weighted by Gasteiger charge is 2.42. The summed E-state index contributed by atoms with van der Waals surface area (Å²) < 4.78 is 4.89. The molecule has 3 nitrogen and oxygen atoms in total. The van der Waals surface area contributed by atoms with Crippen molar-refractivity contribution in [2.75, 3.05) is 6.61 Å². The molecule has 0 heterocycles. The maximum Gasteiger partial charge on any atom is 0.305 e. The fourth-order valence-electron chi connectivity index (χ4n) is 2.38. The molecule has 0 aliphatic heterocycles. The lowest BCUT2D eigenvalue weighted by Gasteiger charge is -2.38. The first-order chi connectivity index (χ1) is 8.22. The number of fused-ring (bicyclic) bond motifs is 1. The van der Waals surface area contributed by atoms with Crippen molar-refractivity contribution in [3.8, 4) is 6.07 Å². The predicted octanol–water partition coefficient (Wildman–Crippen LogP) is 2.35. The molecule has 88 valence electrons. The van der Waals surface area contributed by atoms with Crippen molar-refractivity contribution in [1.82, 2.24) is 0 Å². The zero-order valence-corrected chi connectivity index (χ0v) is 9.90. The second-order valence-corrected chi connectivity index (χ2v) is 4.33. The molecule has 0 radical (unpaired) electrons. The van der Waals surface area contributed by atoms with E-state index in [2.05, 4.69) is 6.07 Å². The summed E-state index contributed by atoms with van der Waals surface area (Å²) >= 11 is 0. The number of benzene rings is 1. The van der Waals surface area contributed by atoms with Gasteiger partial charge in [0.2, 0.25) is 0 Å². The minimum atomic E-state index is -0.469. The van der Waals surface area contributed by atoms with Crippen LogP contribution in [0, 0.1) is 11.3 Å². The Kier molecular flexibility index (Phi) is 3.14. The first-order valence-corrected chi connectivity index (χ1v) is 5.87. The molecule has 1 unspecified atom stereocenters. The molecule has 0 bridgehead atoms. The van der Waals surface area contributed by atoms with E-state index < -0.39 is 5.41 Å². The predicted molar refractivity (Wildman–Crippen MR) is 63.3 cm³/mol. The molecule has 3 heteroatoms. The minimum absolute atomic E-state index is 0.216. The summed E-state index contributed by atoms with van der Waals surface area (Å²) in [4.78, 5) is 11.3. The highest BCUT2D eigenvalue weighted by atomic mass is 16.5. The molecule has 1 aromatic carbocycles. The van der Waals surface area contributed by atoms with Gasteiger partial charge in [0.25, 0.3) is 0 Å². The number of esters is 1. The maximum atomic E-state index is 11.3. The van der Waals surface area contributed by atoms with E-state index in [4.69, 9.17) is 4.74 Å². The number of carbonyl (C=O) groups is 1. The van der Waals surface area contributed by atoms with Gasteiger partial charge in [0, 0.05) is 6.42 Å². The van der Waals surface area contributed by atoms with Gasteiger partial charge < -0.3 is 4.74 Å². The van der Waals surface area contributed by atoms with E-state index in [1.165, 1.54) is 5.56 Å². The van der Waals surface area contributed by atoms with Crippen LogP contribution in [0.2, 0.25) is 0 Å². The van der Waals surface area contributed by atoms with Crippen molar-refractivity contribution in [3.05, 3.63) is 35.4 Å². The maximum absolute atomic E-state index is 11.3. The van der Waals surface area contributed by atoms with E-state index >= 15 is 0 Å². The number of hydrogen-bond donors (Lipinski definition) is 0. The summed E-state index contributed by atoms with van der Waals surface area (Å²) in [6.45, 7) is 2.19. The van der Waals surface area contributed by atoms with E-state index in [9.17, 15) is 10.1 Å². The molecule has 17 heavy (non-hydrogen) atoms. The fraction of sp³-hybridized carbons (Fsp3) is 0.429. The van der Waals surface area contributed by atoms with Gasteiger partial charge in [-0.2, -0.15) is 5.26 Å². The topological polar surface area (TPSA) is 50.1 Å². The van der Waals surface area contributed by atoms with Gasteiger partial charge in [-0.25, -0.2) is 0 Å². The lowest BCUT2D eigenvalue weighted by molar-refractivity contribution is -0.143. The molecule has 1 aromatic rings. The highest BCUT2D eigenvalue weighted by Crippen LogP contribution is 2.43. The molecule has 1 atom stereocenters. The van der Waals surface area contributed by atoms with Gasteiger partial charge in [-0.05, 0) is 30.9 Å². The number of nitriles is 1. The van der Waals surface area contributed by atoms with Crippen LogP contribution < -0.4 is 0 Å². The zero-order chi connectivity index (χ0) is 12.3. The Morgan fingerprint density at radius 1 is 1.53 bits per heavy atom. The second kappa shape index (κ2) is 4.58. The molecule has 0 saturated carbocycles. The number of hydrogen-bond acceptors (Lipinski definition) is 3. The molecule has 1 aliphatic carbocycles. The van der Waals surface area contributed by atoms with Crippen LogP contribution >= 0.6 is 0 Å². The summed E-state index contributed by atoms with van der Waals surface area (Å²) in [5, 5.41) is 9.32. The SMILES string of the molecule is CCOC(=O)CCC1(C#N)Cc2ccccc21. The molecule has 0 N–H and O–H groups in total. The average molecular weight is 229 g/mol. The van der Waals surface area contributed by atoms with E-state index in [0.29, 0.717) is 19.4 Å². The lowest BCUT2D eigenvalue weighted by Crippen LogP contribution is -2.38. The van der Waals surface area contributed by atoms with Crippen LogP contribution in [0.4, 0.5) is 0 Å². The van der Waals surface area contributed by atoms with Gasteiger partial charge in [0.1, 0.15) is 0 Å². The summed E-state index contributed by atoms with van der Waals surface area (Å²) in [5.41, 5.74) is 1.83. The van der Waals surface area contributed by atoms with Crippen LogP contribution in [0.1, 0.15) is 30.9 Å². The molecule has 0 spiro atoms. The second-order valence-electron chi connectivity index (χ2n) is 4.33. The number of carbonyl (C=O) groups excluding carboxylic acids is 1. The van der Waals surface area contributed by atoms with E-state index in [-0.39, 0.29) is 5.97 Å². The number of nitrogens with zero attached hydrogens (tertiary/aromatic N) is 1. The van der Waals surface area contributed by atoms with Crippen LogP contribution in [0.5, 0.6) is 0 Å². The van der Waals surface area contributed by atoms with Crippen molar-refractivity contribution in [1.29, 1.82) is 5.26 Å². The molecule has 2 rings (SSSR count). The molecule has 0 fully saturated rings. The van der Waals surface area contributed by atoms with Crippen LogP contribution in [0.25, 0.3) is 0 Å². The largest absolute Gasteiger partial charge is 0.466 e. The molecule has 1 aliphatic rings. The average Bonchev–Trinajstić information content (AvgIpc) is 2.31. The minimum Gasteiger partial charge on any atom is -0.466 e. The number of ether oxygens (including phenoxy) is 1. The van der Waals surface area contributed by atoms with E-state index in [0.717, 1.165) is 12.0 Å². The molecule has 0 aromatic heterocycles. The highest BCUT2D eigenvalue weighted by molar-refractivity contribution is 5.70. The summed E-state index contributed by atoms with van der Waals surface area (Å²) in [6, 6.07) is 10.3. The third kappa shape index (κ3) is 2.03. The first-order valence-electron chi connectivity index (χ1n) is 5.87. The standard InChI is InChI=1S/C14H15NO2/c1-2-17-13(16)7-8-14(10-15)9-11-5-3-4-6-12(11)14/h3-6H,2,7-9H2,1H3. The molecular formula is C14H15NO2. The first kappa shape index (κ1) is 11.7. The van der Waals surface area contributed by atoms with Gasteiger partial charge in [-0.1, -0.05) is 24.3 Å². The smallest absolute Gasteiger partial charge is 0.305 e. The molecule has 0 saturated heterocycles. The molecular weight excluding hydrogens is 214 g/mol. The van der Waals surface area contributed by atoms with Crippen molar-refractivity contribution in [3.63, 3.8) is 0 Å². The lowest BCUT2D eigenvalue weighted by atomic mass is 9.62. The van der Waals surface area contributed by atoms with Crippen LogP contribution in [-0.4, -0.2) is 12.6 Å². The van der Waals surface area contributed by atoms with Crippen LogP contribution in [0.15, 0.2) is 24.3 Å². The normalized spacial score (nSPS) is 20.9. The van der Waals surface area contributed by atoms with Crippen molar-refractivity contribution in [2.24, 2.45) is 0 Å². The Hall–Kier alpha value is -1.82. The zero-order valence-electron chi connectivity index (χ0n) is 9.90. The van der Waals surface area contributed by atoms with Crippen LogP contribution in [0.3, 0.4) is 0 Å².